The van der Waals surface area contributed by atoms with E-state index >= 15 is 0 Å². The fourth-order valence-electron chi connectivity index (χ4n) is 3.07. The van der Waals surface area contributed by atoms with Crippen LogP contribution in [0.25, 0.3) is 0 Å². The van der Waals surface area contributed by atoms with Crippen LogP contribution in [0.2, 0.25) is 0 Å². The molecule has 0 heterocycles. The predicted octanol–water partition coefficient (Wildman–Crippen LogP) is 2.81. The van der Waals surface area contributed by atoms with Crippen LogP contribution in [0.3, 0.4) is 0 Å². The van der Waals surface area contributed by atoms with E-state index in [0.29, 0.717) is 6.42 Å². The number of rotatable bonds is 5. The molecule has 1 amide bonds. The Morgan fingerprint density at radius 3 is 2.81 bits per heavy atom. The van der Waals surface area contributed by atoms with E-state index < -0.39 is 0 Å². The molecule has 1 aromatic rings. The Morgan fingerprint density at radius 2 is 2.10 bits per heavy atom. The highest BCUT2D eigenvalue weighted by atomic mass is 16.5. The summed E-state index contributed by atoms with van der Waals surface area (Å²) in [5.41, 5.74) is 0.970. The Bertz CT molecular complexity index is 475. The second-order valence-electron chi connectivity index (χ2n) is 5.85. The van der Waals surface area contributed by atoms with Gasteiger partial charge in [0.2, 0.25) is 5.91 Å². The maximum Gasteiger partial charge on any atom is 0.220 e. The number of amides is 1. The second-order valence-corrected chi connectivity index (χ2v) is 5.85. The summed E-state index contributed by atoms with van der Waals surface area (Å²) >= 11 is 0. The molecule has 1 aliphatic rings. The summed E-state index contributed by atoms with van der Waals surface area (Å²) in [4.78, 5) is 12.2. The summed E-state index contributed by atoms with van der Waals surface area (Å²) in [5.74, 6) is 0.881. The number of methoxy groups -OCH3 is 1. The highest BCUT2D eigenvalue weighted by molar-refractivity contribution is 5.76. The molecule has 2 rings (SSSR count). The zero-order valence-electron chi connectivity index (χ0n) is 12.8. The smallest absolute Gasteiger partial charge is 0.220 e. The first-order valence-electron chi connectivity index (χ1n) is 7.72. The molecule has 4 heteroatoms. The van der Waals surface area contributed by atoms with Crippen molar-refractivity contribution in [2.24, 2.45) is 5.92 Å². The van der Waals surface area contributed by atoms with Crippen molar-refractivity contribution in [1.82, 2.24) is 5.32 Å². The molecule has 0 aromatic heterocycles. The number of hydrogen-bond acceptors (Lipinski definition) is 3. The Balaban J connectivity index is 1.92. The van der Waals surface area contributed by atoms with Crippen LogP contribution >= 0.6 is 0 Å². The van der Waals surface area contributed by atoms with E-state index in [9.17, 15) is 9.90 Å². The monoisotopic (exact) mass is 291 g/mol. The van der Waals surface area contributed by atoms with E-state index in [2.05, 4.69) is 5.32 Å². The van der Waals surface area contributed by atoms with Crippen molar-refractivity contribution >= 4 is 5.91 Å². The Kier molecular flexibility index (Phi) is 5.62. The lowest BCUT2D eigenvalue weighted by Gasteiger charge is -2.27. The number of benzene rings is 1. The van der Waals surface area contributed by atoms with Gasteiger partial charge in [-0.2, -0.15) is 0 Å². The first-order chi connectivity index (χ1) is 10.1. The second kappa shape index (κ2) is 7.46. The van der Waals surface area contributed by atoms with Gasteiger partial charge in [-0.05, 0) is 31.7 Å². The van der Waals surface area contributed by atoms with E-state index in [1.54, 1.807) is 7.11 Å². The number of carbonyl (C=O) groups is 1. The zero-order valence-corrected chi connectivity index (χ0v) is 12.8. The van der Waals surface area contributed by atoms with E-state index in [1.807, 2.05) is 31.2 Å². The normalized spacial score (nSPS) is 23.4. The first kappa shape index (κ1) is 15.8. The molecule has 3 atom stereocenters. The highest BCUT2D eigenvalue weighted by Gasteiger charge is 2.26. The maximum absolute atomic E-state index is 12.2. The van der Waals surface area contributed by atoms with Crippen molar-refractivity contribution in [1.29, 1.82) is 0 Å². The fraction of sp³-hybridized carbons (Fsp3) is 0.588. The van der Waals surface area contributed by atoms with Gasteiger partial charge in [0.05, 0.1) is 19.3 Å². The van der Waals surface area contributed by atoms with Gasteiger partial charge in [0.25, 0.3) is 0 Å². The molecule has 1 fully saturated rings. The lowest BCUT2D eigenvalue weighted by Crippen LogP contribution is -2.33. The van der Waals surface area contributed by atoms with Crippen molar-refractivity contribution in [3.05, 3.63) is 29.8 Å². The molecule has 0 radical (unpaired) electrons. The molecule has 0 spiro atoms. The molecule has 21 heavy (non-hydrogen) atoms. The summed E-state index contributed by atoms with van der Waals surface area (Å²) in [6, 6.07) is 7.59. The van der Waals surface area contributed by atoms with Crippen molar-refractivity contribution in [2.45, 2.75) is 51.2 Å². The van der Waals surface area contributed by atoms with Gasteiger partial charge in [-0.15, -0.1) is 0 Å². The zero-order chi connectivity index (χ0) is 15.2. The molecule has 116 valence electrons. The Morgan fingerprint density at radius 1 is 1.38 bits per heavy atom. The minimum absolute atomic E-state index is 0.000596. The molecule has 1 saturated carbocycles. The number of aliphatic hydroxyl groups excluding tert-OH is 1. The molecule has 0 bridgehead atoms. The van der Waals surface area contributed by atoms with E-state index in [1.165, 1.54) is 0 Å². The third-order valence-electron chi connectivity index (χ3n) is 4.30. The van der Waals surface area contributed by atoms with Gasteiger partial charge < -0.3 is 15.2 Å². The lowest BCUT2D eigenvalue weighted by molar-refractivity contribution is -0.124. The standard InChI is InChI=1S/C17H25NO3/c1-12(14-8-4-6-10-16(14)21-2)18-17(20)11-13-7-3-5-9-15(13)19/h4,6,8,10,12-13,15,19H,3,5,7,9,11H2,1-2H3,(H,18,20)/t12?,13-,15+/m0/s1. The number of aliphatic hydroxyl groups is 1. The molecule has 1 unspecified atom stereocenters. The molecule has 0 aliphatic heterocycles. The fourth-order valence-corrected chi connectivity index (χ4v) is 3.07. The quantitative estimate of drug-likeness (QED) is 0.877. The number of nitrogens with one attached hydrogen (secondary N) is 1. The average Bonchev–Trinajstić information content (AvgIpc) is 2.49. The number of hydrogen-bond donors (Lipinski definition) is 2. The van der Waals surface area contributed by atoms with Crippen LogP contribution < -0.4 is 10.1 Å². The summed E-state index contributed by atoms with van der Waals surface area (Å²) in [5, 5.41) is 13.0. The van der Waals surface area contributed by atoms with Gasteiger partial charge in [0.1, 0.15) is 5.75 Å². The van der Waals surface area contributed by atoms with Crippen molar-refractivity contribution < 1.29 is 14.6 Å². The first-order valence-corrected chi connectivity index (χ1v) is 7.72. The van der Waals surface area contributed by atoms with E-state index in [-0.39, 0.29) is 24.0 Å². The van der Waals surface area contributed by atoms with Gasteiger partial charge in [0, 0.05) is 12.0 Å². The number of carbonyl (C=O) groups excluding carboxylic acids is 1. The lowest BCUT2D eigenvalue weighted by atomic mass is 9.84. The molecule has 1 aliphatic carbocycles. The van der Waals surface area contributed by atoms with Crippen LogP contribution in [-0.4, -0.2) is 24.2 Å². The Labute approximate surface area is 126 Å². The molecule has 1 aromatic carbocycles. The minimum atomic E-state index is -0.328. The van der Waals surface area contributed by atoms with Crippen molar-refractivity contribution in [2.75, 3.05) is 7.11 Å². The third-order valence-corrected chi connectivity index (χ3v) is 4.30. The molecular weight excluding hydrogens is 266 g/mol. The number of para-hydroxylation sites is 1. The molecular formula is C17H25NO3. The van der Waals surface area contributed by atoms with Crippen LogP contribution in [0.4, 0.5) is 0 Å². The van der Waals surface area contributed by atoms with Gasteiger partial charge in [-0.25, -0.2) is 0 Å². The third kappa shape index (κ3) is 4.21. The van der Waals surface area contributed by atoms with Crippen LogP contribution in [0.15, 0.2) is 24.3 Å². The van der Waals surface area contributed by atoms with Crippen LogP contribution in [-0.2, 0) is 4.79 Å². The Hall–Kier alpha value is -1.55. The minimum Gasteiger partial charge on any atom is -0.496 e. The molecule has 2 N–H and O–H groups in total. The topological polar surface area (TPSA) is 58.6 Å². The average molecular weight is 291 g/mol. The van der Waals surface area contributed by atoms with Crippen LogP contribution in [0, 0.1) is 5.92 Å². The van der Waals surface area contributed by atoms with Crippen molar-refractivity contribution in [3.63, 3.8) is 0 Å². The molecule has 4 nitrogen and oxygen atoms in total. The van der Waals surface area contributed by atoms with Gasteiger partial charge >= 0.3 is 0 Å². The van der Waals surface area contributed by atoms with E-state index in [0.717, 1.165) is 37.0 Å². The summed E-state index contributed by atoms with van der Waals surface area (Å²) < 4.78 is 5.32. The van der Waals surface area contributed by atoms with Gasteiger partial charge in [-0.3, -0.25) is 4.79 Å². The summed E-state index contributed by atoms with van der Waals surface area (Å²) in [6.45, 7) is 1.95. The van der Waals surface area contributed by atoms with Crippen LogP contribution in [0.1, 0.15) is 50.6 Å². The van der Waals surface area contributed by atoms with Gasteiger partial charge in [0.15, 0.2) is 0 Å². The highest BCUT2D eigenvalue weighted by Crippen LogP contribution is 2.28. The largest absolute Gasteiger partial charge is 0.496 e. The van der Waals surface area contributed by atoms with Crippen molar-refractivity contribution in [3.8, 4) is 5.75 Å². The number of ether oxygens (including phenoxy) is 1. The van der Waals surface area contributed by atoms with E-state index in [4.69, 9.17) is 4.74 Å². The summed E-state index contributed by atoms with van der Waals surface area (Å²) in [6.07, 6.45) is 4.01. The van der Waals surface area contributed by atoms with Crippen LogP contribution in [0.5, 0.6) is 5.75 Å². The summed E-state index contributed by atoms with van der Waals surface area (Å²) in [7, 11) is 1.63. The molecule has 0 saturated heterocycles. The van der Waals surface area contributed by atoms with Gasteiger partial charge in [-0.1, -0.05) is 31.0 Å². The predicted molar refractivity (Wildman–Crippen MR) is 82.1 cm³/mol. The maximum atomic E-state index is 12.2. The SMILES string of the molecule is COc1ccccc1C(C)NC(=O)C[C@@H]1CCCC[C@H]1O.